The lowest BCUT2D eigenvalue weighted by atomic mass is 10.2. The van der Waals surface area contributed by atoms with E-state index in [4.69, 9.17) is 4.74 Å². The molecule has 1 aromatic heterocycles. The molecule has 198 valence electrons. The zero-order chi connectivity index (χ0) is 26.3. The molecule has 37 heavy (non-hydrogen) atoms. The fraction of sp³-hybridized carbons (Fsp3) is 0.407. The SMILES string of the molecule is CCN(CC)CCOc1c(N2CCN(S(=O)(=O)Cc3ccccc3)CC2)cnn(-c2ccccc2)c1=O. The summed E-state index contributed by atoms with van der Waals surface area (Å²) in [6.45, 7) is 8.59. The number of benzene rings is 2. The number of anilines is 1. The number of nitrogens with zero attached hydrogens (tertiary/aromatic N) is 5. The molecule has 1 aliphatic heterocycles. The second-order valence-electron chi connectivity index (χ2n) is 8.91. The number of likely N-dealkylation sites (N-methyl/N-ethyl adjacent to an activating group) is 1. The van der Waals surface area contributed by atoms with Gasteiger partial charge in [0.25, 0.3) is 0 Å². The Morgan fingerprint density at radius 1 is 0.919 bits per heavy atom. The van der Waals surface area contributed by atoms with Crippen molar-refractivity contribution in [3.05, 3.63) is 82.8 Å². The zero-order valence-corrected chi connectivity index (χ0v) is 22.3. The van der Waals surface area contributed by atoms with Crippen molar-refractivity contribution in [2.75, 3.05) is 57.3 Å². The number of sulfonamides is 1. The van der Waals surface area contributed by atoms with E-state index in [1.54, 1.807) is 6.20 Å². The van der Waals surface area contributed by atoms with Gasteiger partial charge >= 0.3 is 5.56 Å². The van der Waals surface area contributed by atoms with Crippen LogP contribution in [0, 0.1) is 0 Å². The summed E-state index contributed by atoms with van der Waals surface area (Å²) in [5, 5.41) is 4.42. The van der Waals surface area contributed by atoms with Crippen molar-refractivity contribution in [1.82, 2.24) is 19.0 Å². The monoisotopic (exact) mass is 525 g/mol. The van der Waals surface area contributed by atoms with Crippen LogP contribution < -0.4 is 15.2 Å². The van der Waals surface area contributed by atoms with E-state index in [-0.39, 0.29) is 17.1 Å². The van der Waals surface area contributed by atoms with Gasteiger partial charge in [-0.1, -0.05) is 62.4 Å². The van der Waals surface area contributed by atoms with E-state index in [1.807, 2.05) is 65.6 Å². The Kier molecular flexibility index (Phi) is 8.96. The first-order chi connectivity index (χ1) is 17.9. The number of hydrogen-bond donors (Lipinski definition) is 0. The molecule has 1 aliphatic rings. The minimum absolute atomic E-state index is 0.0256. The van der Waals surface area contributed by atoms with Crippen molar-refractivity contribution in [3.8, 4) is 11.4 Å². The van der Waals surface area contributed by atoms with Crippen molar-refractivity contribution >= 4 is 15.7 Å². The molecule has 10 heteroatoms. The van der Waals surface area contributed by atoms with E-state index < -0.39 is 10.0 Å². The largest absolute Gasteiger partial charge is 0.485 e. The van der Waals surface area contributed by atoms with Crippen LogP contribution in [-0.4, -0.2) is 79.8 Å². The molecular formula is C27H35N5O4S. The molecule has 0 radical (unpaired) electrons. The normalized spacial score (nSPS) is 14.7. The first kappa shape index (κ1) is 26.8. The predicted molar refractivity (Wildman–Crippen MR) is 146 cm³/mol. The average molecular weight is 526 g/mol. The van der Waals surface area contributed by atoms with Crippen LogP contribution in [0.25, 0.3) is 5.69 Å². The molecule has 1 fully saturated rings. The van der Waals surface area contributed by atoms with E-state index in [1.165, 1.54) is 8.99 Å². The third kappa shape index (κ3) is 6.57. The fourth-order valence-corrected chi connectivity index (χ4v) is 5.96. The number of ether oxygens (including phenoxy) is 1. The number of para-hydroxylation sites is 1. The van der Waals surface area contributed by atoms with Gasteiger partial charge in [-0.25, -0.2) is 8.42 Å². The number of piperazine rings is 1. The van der Waals surface area contributed by atoms with Gasteiger partial charge in [-0.3, -0.25) is 4.79 Å². The Labute approximate surface area is 218 Å². The number of hydrogen-bond acceptors (Lipinski definition) is 7. The molecule has 0 spiro atoms. The van der Waals surface area contributed by atoms with Crippen LogP contribution >= 0.6 is 0 Å². The lowest BCUT2D eigenvalue weighted by Crippen LogP contribution is -2.49. The molecule has 2 aromatic carbocycles. The minimum Gasteiger partial charge on any atom is -0.485 e. The average Bonchev–Trinajstić information content (AvgIpc) is 2.92. The van der Waals surface area contributed by atoms with Crippen molar-refractivity contribution in [2.24, 2.45) is 0 Å². The maximum Gasteiger partial charge on any atom is 0.316 e. The van der Waals surface area contributed by atoms with Gasteiger partial charge in [-0.05, 0) is 30.8 Å². The maximum atomic E-state index is 13.5. The highest BCUT2D eigenvalue weighted by atomic mass is 32.2. The topological polar surface area (TPSA) is 88.0 Å². The molecule has 9 nitrogen and oxygen atoms in total. The highest BCUT2D eigenvalue weighted by molar-refractivity contribution is 7.88. The molecule has 0 aliphatic carbocycles. The van der Waals surface area contributed by atoms with Crippen LogP contribution in [0.5, 0.6) is 5.75 Å². The van der Waals surface area contributed by atoms with Gasteiger partial charge in [-0.15, -0.1) is 0 Å². The molecule has 0 amide bonds. The van der Waals surface area contributed by atoms with E-state index >= 15 is 0 Å². The lowest BCUT2D eigenvalue weighted by Gasteiger charge is -2.35. The molecule has 0 unspecified atom stereocenters. The molecule has 4 rings (SSSR count). The summed E-state index contributed by atoms with van der Waals surface area (Å²) < 4.78 is 35.0. The Bertz CT molecular complexity index is 1300. The summed E-state index contributed by atoms with van der Waals surface area (Å²) >= 11 is 0. The fourth-order valence-electron chi connectivity index (χ4n) is 4.44. The van der Waals surface area contributed by atoms with Crippen LogP contribution in [-0.2, 0) is 15.8 Å². The van der Waals surface area contributed by atoms with Gasteiger partial charge in [0, 0.05) is 32.7 Å². The first-order valence-corrected chi connectivity index (χ1v) is 14.3. The first-order valence-electron chi connectivity index (χ1n) is 12.7. The van der Waals surface area contributed by atoms with Crippen LogP contribution in [0.4, 0.5) is 5.69 Å². The van der Waals surface area contributed by atoms with Crippen molar-refractivity contribution in [1.29, 1.82) is 0 Å². The Hall–Kier alpha value is -3.21. The summed E-state index contributed by atoms with van der Waals surface area (Å²) in [6.07, 6.45) is 1.65. The van der Waals surface area contributed by atoms with Crippen molar-refractivity contribution in [3.63, 3.8) is 0 Å². The molecule has 0 bridgehead atoms. The summed E-state index contributed by atoms with van der Waals surface area (Å²) in [5.41, 5.74) is 1.69. The highest BCUT2D eigenvalue weighted by Crippen LogP contribution is 2.26. The summed E-state index contributed by atoms with van der Waals surface area (Å²) in [6, 6.07) is 18.4. The molecule has 0 N–H and O–H groups in total. The Balaban J connectivity index is 1.53. The Morgan fingerprint density at radius 2 is 1.54 bits per heavy atom. The van der Waals surface area contributed by atoms with E-state index in [0.717, 1.165) is 18.7 Å². The van der Waals surface area contributed by atoms with Gasteiger partial charge < -0.3 is 14.5 Å². The number of aromatic nitrogens is 2. The predicted octanol–water partition coefficient (Wildman–Crippen LogP) is 2.61. The zero-order valence-electron chi connectivity index (χ0n) is 21.5. The standard InChI is InChI=1S/C27H35N5O4S/c1-3-29(4-2)19-20-36-26-25(21-28-32(27(26)33)24-13-9-6-10-14-24)30-15-17-31(18-16-30)37(34,35)22-23-11-7-5-8-12-23/h5-14,21H,3-4,15-20,22H2,1-2H3. The van der Waals surface area contributed by atoms with Crippen LogP contribution in [0.1, 0.15) is 19.4 Å². The second kappa shape index (κ2) is 12.4. The van der Waals surface area contributed by atoms with Crippen LogP contribution in [0.15, 0.2) is 71.7 Å². The molecular weight excluding hydrogens is 490 g/mol. The van der Waals surface area contributed by atoms with Crippen LogP contribution in [0.3, 0.4) is 0 Å². The van der Waals surface area contributed by atoms with Gasteiger partial charge in [-0.2, -0.15) is 14.1 Å². The van der Waals surface area contributed by atoms with E-state index in [2.05, 4.69) is 23.8 Å². The highest BCUT2D eigenvalue weighted by Gasteiger charge is 2.29. The third-order valence-corrected chi connectivity index (χ3v) is 8.48. The van der Waals surface area contributed by atoms with E-state index in [9.17, 15) is 13.2 Å². The van der Waals surface area contributed by atoms with Gasteiger partial charge in [0.2, 0.25) is 15.8 Å². The molecule has 2 heterocycles. The minimum atomic E-state index is -3.44. The molecule has 0 atom stereocenters. The van der Waals surface area contributed by atoms with Gasteiger partial charge in [0.15, 0.2) is 0 Å². The van der Waals surface area contributed by atoms with E-state index in [0.29, 0.717) is 50.7 Å². The summed E-state index contributed by atoms with van der Waals surface area (Å²) in [5.74, 6) is 0.217. The van der Waals surface area contributed by atoms with Gasteiger partial charge in [0.1, 0.15) is 12.3 Å². The van der Waals surface area contributed by atoms with Crippen molar-refractivity contribution < 1.29 is 13.2 Å². The maximum absolute atomic E-state index is 13.5. The van der Waals surface area contributed by atoms with Gasteiger partial charge in [0.05, 0.1) is 17.6 Å². The molecule has 0 saturated carbocycles. The number of rotatable bonds is 11. The molecule has 3 aromatic rings. The van der Waals surface area contributed by atoms with Crippen LogP contribution in [0.2, 0.25) is 0 Å². The molecule has 1 saturated heterocycles. The smallest absolute Gasteiger partial charge is 0.316 e. The summed E-state index contributed by atoms with van der Waals surface area (Å²) in [7, 11) is -3.44. The second-order valence-corrected chi connectivity index (χ2v) is 10.9. The lowest BCUT2D eigenvalue weighted by molar-refractivity contribution is 0.220. The quantitative estimate of drug-likeness (QED) is 0.380. The third-order valence-electron chi connectivity index (χ3n) is 6.63. The summed E-state index contributed by atoms with van der Waals surface area (Å²) in [4.78, 5) is 17.7. The van der Waals surface area contributed by atoms with Crippen molar-refractivity contribution in [2.45, 2.75) is 19.6 Å². The Morgan fingerprint density at radius 3 is 2.16 bits per heavy atom.